The third-order valence-corrected chi connectivity index (χ3v) is 4.05. The van der Waals surface area contributed by atoms with Crippen LogP contribution in [-0.4, -0.2) is 11.6 Å². The Morgan fingerprint density at radius 2 is 2.17 bits per heavy atom. The lowest BCUT2D eigenvalue weighted by atomic mass is 10.0. The summed E-state index contributed by atoms with van der Waals surface area (Å²) in [6.07, 6.45) is 7.59. The summed E-state index contributed by atoms with van der Waals surface area (Å²) in [5, 5.41) is 12.1. The Bertz CT molecular complexity index is 746. The van der Waals surface area contributed by atoms with Gasteiger partial charge in [-0.2, -0.15) is 10.2 Å². The number of nitrogens with zero attached hydrogens (tertiary/aromatic N) is 2. The van der Waals surface area contributed by atoms with Crippen LogP contribution in [0.1, 0.15) is 44.4 Å². The molecule has 1 aliphatic heterocycles. The third kappa shape index (κ3) is 3.59. The summed E-state index contributed by atoms with van der Waals surface area (Å²) in [6.45, 7) is 1.91. The number of amides is 1. The van der Waals surface area contributed by atoms with Crippen molar-refractivity contribution < 1.29 is 9.21 Å². The Labute approximate surface area is 135 Å². The quantitative estimate of drug-likeness (QED) is 0.786. The number of benzene rings is 1. The van der Waals surface area contributed by atoms with Crippen molar-refractivity contribution in [3.05, 3.63) is 36.1 Å². The highest BCUT2D eigenvalue weighted by molar-refractivity contribution is 5.79. The average molecular weight is 309 g/mol. The van der Waals surface area contributed by atoms with E-state index in [4.69, 9.17) is 10.8 Å². The molecule has 5 nitrogen and oxygen atoms in total. The van der Waals surface area contributed by atoms with Crippen molar-refractivity contribution in [1.29, 1.82) is 0 Å². The first-order valence-corrected chi connectivity index (χ1v) is 7.77. The zero-order valence-corrected chi connectivity index (χ0v) is 13.1. The standard InChI is InChI=1S/C18H19N3O2/c1-3-4-10-18(20-21-18)11-9-17(22)19-13(2)16-12-14-7-5-6-8-15(14)23-16/h1,5-8,12-13H,4,9-11H2,2H3,(H,19,22). The molecule has 0 radical (unpaired) electrons. The first kappa shape index (κ1) is 15.3. The molecule has 1 aliphatic rings. The minimum atomic E-state index is -0.410. The predicted octanol–water partition coefficient (Wildman–Crippen LogP) is 3.97. The number of fused-ring (bicyclic) bond motifs is 1. The molecule has 1 N–H and O–H groups in total. The molecule has 0 saturated carbocycles. The Morgan fingerprint density at radius 1 is 1.39 bits per heavy atom. The summed E-state index contributed by atoms with van der Waals surface area (Å²) in [5.41, 5.74) is 0.416. The number of hydrogen-bond donors (Lipinski definition) is 1. The molecule has 0 spiro atoms. The second-order valence-corrected chi connectivity index (χ2v) is 5.86. The van der Waals surface area contributed by atoms with Crippen molar-refractivity contribution in [2.24, 2.45) is 10.2 Å². The van der Waals surface area contributed by atoms with Gasteiger partial charge in [-0.05, 0) is 19.1 Å². The topological polar surface area (TPSA) is 67.0 Å². The number of rotatable bonds is 7. The van der Waals surface area contributed by atoms with E-state index in [1.54, 1.807) is 0 Å². The van der Waals surface area contributed by atoms with Gasteiger partial charge in [-0.1, -0.05) is 18.2 Å². The van der Waals surface area contributed by atoms with E-state index >= 15 is 0 Å². The van der Waals surface area contributed by atoms with E-state index < -0.39 is 5.66 Å². The lowest BCUT2D eigenvalue weighted by molar-refractivity contribution is -0.122. The number of para-hydroxylation sites is 1. The molecule has 3 rings (SSSR count). The number of furan rings is 1. The second kappa shape index (κ2) is 6.25. The van der Waals surface area contributed by atoms with Crippen LogP contribution >= 0.6 is 0 Å². The van der Waals surface area contributed by atoms with Crippen LogP contribution in [-0.2, 0) is 4.79 Å². The van der Waals surface area contributed by atoms with E-state index in [1.165, 1.54) is 0 Å². The number of terminal acetylenes is 1. The SMILES string of the molecule is C#CCCC1(CCC(=O)NC(C)c2cc3ccccc3o2)N=N1. The largest absolute Gasteiger partial charge is 0.459 e. The highest BCUT2D eigenvalue weighted by atomic mass is 16.3. The third-order valence-electron chi connectivity index (χ3n) is 4.05. The minimum Gasteiger partial charge on any atom is -0.459 e. The van der Waals surface area contributed by atoms with Gasteiger partial charge in [0.2, 0.25) is 5.91 Å². The van der Waals surface area contributed by atoms with Crippen LogP contribution in [0.4, 0.5) is 0 Å². The summed E-state index contributed by atoms with van der Waals surface area (Å²) >= 11 is 0. The zero-order chi connectivity index (χ0) is 16.3. The number of hydrogen-bond acceptors (Lipinski definition) is 4. The fraction of sp³-hybridized carbons (Fsp3) is 0.389. The van der Waals surface area contributed by atoms with Crippen LogP contribution in [0.15, 0.2) is 45.0 Å². The van der Waals surface area contributed by atoms with Crippen molar-refractivity contribution in [2.75, 3.05) is 0 Å². The highest BCUT2D eigenvalue weighted by Crippen LogP contribution is 2.37. The van der Waals surface area contributed by atoms with Gasteiger partial charge in [0.05, 0.1) is 6.04 Å². The van der Waals surface area contributed by atoms with Gasteiger partial charge in [0.1, 0.15) is 11.3 Å². The minimum absolute atomic E-state index is 0.0321. The van der Waals surface area contributed by atoms with Crippen LogP contribution in [0, 0.1) is 12.3 Å². The van der Waals surface area contributed by atoms with Crippen LogP contribution in [0.5, 0.6) is 0 Å². The lowest BCUT2D eigenvalue weighted by Gasteiger charge is -2.13. The lowest BCUT2D eigenvalue weighted by Crippen LogP contribution is -2.27. The molecule has 2 aromatic rings. The Kier molecular flexibility index (Phi) is 4.16. The second-order valence-electron chi connectivity index (χ2n) is 5.86. The monoisotopic (exact) mass is 309 g/mol. The maximum atomic E-state index is 12.1. The van der Waals surface area contributed by atoms with E-state index in [1.807, 2.05) is 37.3 Å². The van der Waals surface area contributed by atoms with Crippen LogP contribution in [0.3, 0.4) is 0 Å². The molecular weight excluding hydrogens is 290 g/mol. The van der Waals surface area contributed by atoms with Crippen LogP contribution in [0.2, 0.25) is 0 Å². The van der Waals surface area contributed by atoms with E-state index in [2.05, 4.69) is 21.5 Å². The summed E-state index contributed by atoms with van der Waals surface area (Å²) in [4.78, 5) is 12.1. The van der Waals surface area contributed by atoms with Crippen molar-refractivity contribution in [1.82, 2.24) is 5.32 Å². The molecule has 1 atom stereocenters. The molecule has 118 valence electrons. The molecule has 0 fully saturated rings. The first-order chi connectivity index (χ1) is 11.1. The first-order valence-electron chi connectivity index (χ1n) is 7.77. The van der Waals surface area contributed by atoms with Crippen LogP contribution < -0.4 is 5.32 Å². The van der Waals surface area contributed by atoms with Gasteiger partial charge in [-0.25, -0.2) is 0 Å². The Hall–Kier alpha value is -2.61. The van der Waals surface area contributed by atoms with Crippen molar-refractivity contribution in [3.8, 4) is 12.3 Å². The van der Waals surface area contributed by atoms with Gasteiger partial charge in [-0.15, -0.1) is 12.3 Å². The molecular formula is C18H19N3O2. The van der Waals surface area contributed by atoms with Crippen molar-refractivity contribution in [2.45, 2.75) is 44.3 Å². The number of nitrogens with one attached hydrogen (secondary N) is 1. The summed E-state index contributed by atoms with van der Waals surface area (Å²) < 4.78 is 5.77. The fourth-order valence-corrected chi connectivity index (χ4v) is 2.58. The maximum Gasteiger partial charge on any atom is 0.220 e. The van der Waals surface area contributed by atoms with E-state index in [-0.39, 0.29) is 11.9 Å². The van der Waals surface area contributed by atoms with Gasteiger partial charge >= 0.3 is 0 Å². The fourth-order valence-electron chi connectivity index (χ4n) is 2.58. The molecule has 5 heteroatoms. The van der Waals surface area contributed by atoms with E-state index in [0.29, 0.717) is 19.3 Å². The molecule has 1 aromatic carbocycles. The molecule has 23 heavy (non-hydrogen) atoms. The molecule has 2 heterocycles. The van der Waals surface area contributed by atoms with Gasteiger partial charge in [-0.3, -0.25) is 4.79 Å². The normalized spacial score (nSPS) is 16.0. The Balaban J connectivity index is 1.52. The van der Waals surface area contributed by atoms with Crippen molar-refractivity contribution >= 4 is 16.9 Å². The summed E-state index contributed by atoms with van der Waals surface area (Å²) in [7, 11) is 0. The molecule has 0 bridgehead atoms. The van der Waals surface area contributed by atoms with Gasteiger partial charge in [0.25, 0.3) is 0 Å². The molecule has 1 aromatic heterocycles. The highest BCUT2D eigenvalue weighted by Gasteiger charge is 2.39. The predicted molar refractivity (Wildman–Crippen MR) is 87.7 cm³/mol. The van der Waals surface area contributed by atoms with E-state index in [9.17, 15) is 4.79 Å². The molecule has 1 unspecified atom stereocenters. The van der Waals surface area contributed by atoms with Gasteiger partial charge in [0, 0.05) is 31.1 Å². The summed E-state index contributed by atoms with van der Waals surface area (Å²) in [6, 6.07) is 9.58. The van der Waals surface area contributed by atoms with Crippen LogP contribution in [0.25, 0.3) is 11.0 Å². The average Bonchev–Trinajstić information content (AvgIpc) is 3.19. The maximum absolute atomic E-state index is 12.1. The van der Waals surface area contributed by atoms with E-state index in [0.717, 1.165) is 23.2 Å². The van der Waals surface area contributed by atoms with Gasteiger partial charge in [0.15, 0.2) is 5.66 Å². The zero-order valence-electron chi connectivity index (χ0n) is 13.1. The summed E-state index contributed by atoms with van der Waals surface area (Å²) in [5.74, 6) is 3.31. The smallest absolute Gasteiger partial charge is 0.220 e. The Morgan fingerprint density at radius 3 is 2.87 bits per heavy atom. The number of carbonyl (C=O) groups is 1. The number of carbonyl (C=O) groups excluding carboxylic acids is 1. The molecule has 0 aliphatic carbocycles. The van der Waals surface area contributed by atoms with Crippen molar-refractivity contribution in [3.63, 3.8) is 0 Å². The van der Waals surface area contributed by atoms with Gasteiger partial charge < -0.3 is 9.73 Å². The molecule has 1 amide bonds. The molecule has 0 saturated heterocycles.